The number of nitrogens with one attached hydrogen (secondary N) is 1. The molecule has 9 heteroatoms. The third-order valence-corrected chi connectivity index (χ3v) is 4.13. The van der Waals surface area contributed by atoms with Crippen LogP contribution in [0.2, 0.25) is 0 Å². The van der Waals surface area contributed by atoms with Crippen LogP contribution >= 0.6 is 11.8 Å². The number of amides is 1. The number of benzene rings is 1. The molecule has 0 fully saturated rings. The Balaban J connectivity index is 1.56. The summed E-state index contributed by atoms with van der Waals surface area (Å²) in [6.45, 7) is 2.04. The Bertz CT molecular complexity index is 834. The quantitative estimate of drug-likeness (QED) is 0.690. The summed E-state index contributed by atoms with van der Waals surface area (Å²) < 4.78 is 20.3. The van der Waals surface area contributed by atoms with Crippen molar-refractivity contribution >= 4 is 23.4 Å². The van der Waals surface area contributed by atoms with E-state index in [1.807, 2.05) is 6.07 Å². The molecule has 1 amide bonds. The molecule has 3 aromatic rings. The Morgan fingerprint density at radius 1 is 1.42 bits per heavy atom. The molecule has 0 atom stereocenters. The van der Waals surface area contributed by atoms with Gasteiger partial charge in [0.25, 0.3) is 0 Å². The minimum absolute atomic E-state index is 0.105. The monoisotopic (exact) mass is 347 g/mol. The molecule has 0 saturated heterocycles. The summed E-state index contributed by atoms with van der Waals surface area (Å²) in [5.41, 5.74) is 0.943. The zero-order valence-electron chi connectivity index (χ0n) is 12.8. The number of rotatable bonds is 6. The van der Waals surface area contributed by atoms with Crippen molar-refractivity contribution in [3.05, 3.63) is 53.7 Å². The lowest BCUT2D eigenvalue weighted by atomic mass is 10.2. The first kappa shape index (κ1) is 16.2. The SMILES string of the molecule is Cc1ccc(NC(=O)CSc2nnnn2Cc2ccco2)cc1F. The lowest BCUT2D eigenvalue weighted by Gasteiger charge is -2.06. The summed E-state index contributed by atoms with van der Waals surface area (Å²) in [6, 6.07) is 8.15. The zero-order chi connectivity index (χ0) is 16.9. The number of tetrazole rings is 1. The third-order valence-electron chi connectivity index (χ3n) is 3.17. The number of nitrogens with zero attached hydrogens (tertiary/aromatic N) is 4. The summed E-state index contributed by atoms with van der Waals surface area (Å²) in [4.78, 5) is 12.0. The third kappa shape index (κ3) is 3.99. The van der Waals surface area contributed by atoms with Gasteiger partial charge in [0.1, 0.15) is 18.1 Å². The second-order valence-corrected chi connectivity index (χ2v) is 5.94. The van der Waals surface area contributed by atoms with Crippen molar-refractivity contribution in [3.8, 4) is 0 Å². The standard InChI is InChI=1S/C15H14FN5O2S/c1-10-4-5-11(7-13(10)16)17-14(22)9-24-15-18-19-20-21(15)8-12-3-2-6-23-12/h2-7H,8-9H2,1H3,(H,17,22). The van der Waals surface area contributed by atoms with Gasteiger partial charge < -0.3 is 9.73 Å². The van der Waals surface area contributed by atoms with Crippen molar-refractivity contribution in [1.82, 2.24) is 20.2 Å². The molecule has 2 aromatic heterocycles. The number of hydrogen-bond acceptors (Lipinski definition) is 6. The second kappa shape index (κ2) is 7.26. The molecule has 0 spiro atoms. The number of carbonyl (C=O) groups excluding carboxylic acids is 1. The minimum Gasteiger partial charge on any atom is -0.467 e. The van der Waals surface area contributed by atoms with Gasteiger partial charge in [-0.1, -0.05) is 17.8 Å². The fraction of sp³-hybridized carbons (Fsp3) is 0.200. The smallest absolute Gasteiger partial charge is 0.234 e. The molecule has 1 N–H and O–H groups in total. The van der Waals surface area contributed by atoms with E-state index in [1.165, 1.54) is 17.8 Å². The molecule has 0 saturated carbocycles. The van der Waals surface area contributed by atoms with Gasteiger partial charge in [0.15, 0.2) is 0 Å². The van der Waals surface area contributed by atoms with E-state index in [9.17, 15) is 9.18 Å². The predicted molar refractivity (Wildman–Crippen MR) is 86.1 cm³/mol. The van der Waals surface area contributed by atoms with E-state index >= 15 is 0 Å². The molecule has 0 bridgehead atoms. The van der Waals surface area contributed by atoms with Gasteiger partial charge in [-0.25, -0.2) is 9.07 Å². The van der Waals surface area contributed by atoms with Gasteiger partial charge in [-0.05, 0) is 47.2 Å². The van der Waals surface area contributed by atoms with Crippen LogP contribution in [0, 0.1) is 12.7 Å². The number of anilines is 1. The van der Waals surface area contributed by atoms with E-state index in [4.69, 9.17) is 4.42 Å². The molecule has 0 radical (unpaired) electrons. The van der Waals surface area contributed by atoms with Crippen LogP contribution in [-0.2, 0) is 11.3 Å². The molecular formula is C15H14FN5O2S. The maximum Gasteiger partial charge on any atom is 0.234 e. The molecule has 0 aliphatic heterocycles. The van der Waals surface area contributed by atoms with Crippen LogP contribution in [0.5, 0.6) is 0 Å². The number of thioether (sulfide) groups is 1. The average molecular weight is 347 g/mol. The van der Waals surface area contributed by atoms with Crippen LogP contribution in [0.1, 0.15) is 11.3 Å². The Hall–Kier alpha value is -2.68. The van der Waals surface area contributed by atoms with E-state index in [1.54, 1.807) is 36.1 Å². The Kier molecular flexibility index (Phi) is 4.90. The van der Waals surface area contributed by atoms with Crippen molar-refractivity contribution < 1.29 is 13.6 Å². The van der Waals surface area contributed by atoms with Crippen LogP contribution in [0.25, 0.3) is 0 Å². The summed E-state index contributed by atoms with van der Waals surface area (Å²) in [5.74, 6) is 0.191. The van der Waals surface area contributed by atoms with Crippen LogP contribution in [0.3, 0.4) is 0 Å². The zero-order valence-corrected chi connectivity index (χ0v) is 13.6. The number of aryl methyl sites for hydroxylation is 1. The number of aromatic nitrogens is 4. The highest BCUT2D eigenvalue weighted by molar-refractivity contribution is 7.99. The number of hydrogen-bond donors (Lipinski definition) is 1. The molecule has 124 valence electrons. The minimum atomic E-state index is -0.358. The summed E-state index contributed by atoms with van der Waals surface area (Å²) >= 11 is 1.19. The first-order chi connectivity index (χ1) is 11.6. The van der Waals surface area contributed by atoms with E-state index in [0.717, 1.165) is 0 Å². The van der Waals surface area contributed by atoms with Gasteiger partial charge >= 0.3 is 0 Å². The average Bonchev–Trinajstić information content (AvgIpc) is 3.21. The lowest BCUT2D eigenvalue weighted by Crippen LogP contribution is -2.15. The Labute approximate surface area is 141 Å². The van der Waals surface area contributed by atoms with Gasteiger partial charge in [-0.3, -0.25) is 4.79 Å². The van der Waals surface area contributed by atoms with Crippen molar-refractivity contribution in [2.75, 3.05) is 11.1 Å². The first-order valence-electron chi connectivity index (χ1n) is 7.09. The van der Waals surface area contributed by atoms with Gasteiger partial charge in [-0.2, -0.15) is 0 Å². The van der Waals surface area contributed by atoms with E-state index in [2.05, 4.69) is 20.8 Å². The largest absolute Gasteiger partial charge is 0.467 e. The number of carbonyl (C=O) groups is 1. The Morgan fingerprint density at radius 3 is 3.04 bits per heavy atom. The van der Waals surface area contributed by atoms with Crippen molar-refractivity contribution in [3.63, 3.8) is 0 Å². The van der Waals surface area contributed by atoms with Crippen LogP contribution in [-0.4, -0.2) is 31.9 Å². The molecule has 0 aliphatic carbocycles. The highest BCUT2D eigenvalue weighted by Gasteiger charge is 2.12. The fourth-order valence-electron chi connectivity index (χ4n) is 1.95. The predicted octanol–water partition coefficient (Wildman–Crippen LogP) is 2.49. The molecule has 24 heavy (non-hydrogen) atoms. The molecule has 0 unspecified atom stereocenters. The summed E-state index contributed by atoms with van der Waals surface area (Å²) in [5, 5.41) is 14.5. The molecule has 1 aromatic carbocycles. The van der Waals surface area contributed by atoms with Crippen LogP contribution in [0.15, 0.2) is 46.2 Å². The lowest BCUT2D eigenvalue weighted by molar-refractivity contribution is -0.113. The van der Waals surface area contributed by atoms with Gasteiger partial charge in [-0.15, -0.1) is 5.10 Å². The van der Waals surface area contributed by atoms with Crippen molar-refractivity contribution in [2.45, 2.75) is 18.6 Å². The maximum atomic E-state index is 13.5. The van der Waals surface area contributed by atoms with Gasteiger partial charge in [0.05, 0.1) is 12.0 Å². The van der Waals surface area contributed by atoms with Crippen molar-refractivity contribution in [1.29, 1.82) is 0 Å². The van der Waals surface area contributed by atoms with Crippen LogP contribution < -0.4 is 5.32 Å². The molecule has 7 nitrogen and oxygen atoms in total. The highest BCUT2D eigenvalue weighted by Crippen LogP contribution is 2.17. The van der Waals surface area contributed by atoms with Crippen molar-refractivity contribution in [2.24, 2.45) is 0 Å². The number of furan rings is 1. The van der Waals surface area contributed by atoms with Gasteiger partial charge in [0.2, 0.25) is 11.1 Å². The normalized spacial score (nSPS) is 10.8. The second-order valence-electron chi connectivity index (χ2n) is 5.00. The van der Waals surface area contributed by atoms with E-state index < -0.39 is 0 Å². The highest BCUT2D eigenvalue weighted by atomic mass is 32.2. The molecule has 2 heterocycles. The first-order valence-corrected chi connectivity index (χ1v) is 8.08. The maximum absolute atomic E-state index is 13.5. The summed E-state index contributed by atoms with van der Waals surface area (Å²) in [6.07, 6.45) is 1.57. The Morgan fingerprint density at radius 2 is 2.29 bits per heavy atom. The fourth-order valence-corrected chi connectivity index (χ4v) is 2.62. The van der Waals surface area contributed by atoms with Gasteiger partial charge in [0, 0.05) is 5.69 Å². The number of halogens is 1. The van der Waals surface area contributed by atoms with Crippen LogP contribution in [0.4, 0.5) is 10.1 Å². The summed E-state index contributed by atoms with van der Waals surface area (Å²) in [7, 11) is 0. The van der Waals surface area contributed by atoms with E-state index in [0.29, 0.717) is 28.7 Å². The molecular weight excluding hydrogens is 333 g/mol. The van der Waals surface area contributed by atoms with E-state index in [-0.39, 0.29) is 17.5 Å². The topological polar surface area (TPSA) is 85.8 Å². The molecule has 0 aliphatic rings. The molecule has 3 rings (SSSR count).